The summed E-state index contributed by atoms with van der Waals surface area (Å²) >= 11 is 0. The zero-order chi connectivity index (χ0) is 30.7. The minimum Gasteiger partial charge on any atom is -0.497 e. The minimum atomic E-state index is -1.17. The van der Waals surface area contributed by atoms with Gasteiger partial charge in [-0.3, -0.25) is 9.59 Å². The second kappa shape index (κ2) is 12.6. The first-order chi connectivity index (χ1) is 20.7. The number of fused-ring (bicyclic) bond motifs is 3. The smallest absolute Gasteiger partial charge is 0.356 e. The van der Waals surface area contributed by atoms with Gasteiger partial charge in [0.05, 0.1) is 39.4 Å². The summed E-state index contributed by atoms with van der Waals surface area (Å²) in [6, 6.07) is 4.97. The number of hydrogen-bond acceptors (Lipinski definition) is 10. The first-order valence-electron chi connectivity index (χ1n) is 14.6. The van der Waals surface area contributed by atoms with Crippen LogP contribution >= 0.6 is 0 Å². The van der Waals surface area contributed by atoms with Crippen LogP contribution in [0.25, 0.3) is 10.9 Å². The molecule has 1 aliphatic carbocycles. The van der Waals surface area contributed by atoms with E-state index in [1.807, 2.05) is 12.2 Å². The molecule has 5 rings (SSSR count). The van der Waals surface area contributed by atoms with E-state index >= 15 is 0 Å². The molecule has 3 aliphatic rings. The van der Waals surface area contributed by atoms with Gasteiger partial charge in [0, 0.05) is 29.9 Å². The van der Waals surface area contributed by atoms with E-state index in [2.05, 4.69) is 10.3 Å². The van der Waals surface area contributed by atoms with Crippen LogP contribution in [0.1, 0.15) is 55.4 Å². The van der Waals surface area contributed by atoms with Crippen LogP contribution in [-0.2, 0) is 23.9 Å². The van der Waals surface area contributed by atoms with Crippen molar-refractivity contribution in [2.24, 2.45) is 11.7 Å². The molecule has 0 spiro atoms. The molecule has 2 fully saturated rings. The van der Waals surface area contributed by atoms with Gasteiger partial charge in [0.1, 0.15) is 29.2 Å². The second-order valence-electron chi connectivity index (χ2n) is 11.3. The molecule has 43 heavy (non-hydrogen) atoms. The van der Waals surface area contributed by atoms with E-state index in [0.29, 0.717) is 35.2 Å². The normalized spacial score (nSPS) is 28.4. The number of nitrogens with zero attached hydrogens (tertiary/aromatic N) is 2. The van der Waals surface area contributed by atoms with E-state index in [4.69, 9.17) is 24.7 Å². The van der Waals surface area contributed by atoms with Crippen molar-refractivity contribution in [3.63, 3.8) is 0 Å². The lowest BCUT2D eigenvalue weighted by Crippen LogP contribution is -2.55. The number of aromatic nitrogens is 1. The standard InChI is InChI=1S/C31H38N4O8/c1-40-19-11-12-21-23(13-19)33-24(29(38)41-2)15-26(21)43-20-14-25-27(36)34-31(30(39)42-3)16-18(31)9-7-5-4-6-8-10-22(32)28(37)35(25)17-20/h7,9,11-13,15,18,20,22,25H,4-6,8,10,14,16-17,32H2,1-3H3,(H,34,36)/b9-7-/t18-,20+,22?,25-,31+/m0/s1. The zero-order valence-corrected chi connectivity index (χ0v) is 24.7. The number of hydrogen-bond donors (Lipinski definition) is 2. The van der Waals surface area contributed by atoms with Crippen LogP contribution in [0, 0.1) is 5.92 Å². The highest BCUT2D eigenvalue weighted by atomic mass is 16.5. The molecule has 3 N–H and O–H groups in total. The summed E-state index contributed by atoms with van der Waals surface area (Å²) in [6.07, 6.45) is 7.91. The molecule has 1 saturated heterocycles. The van der Waals surface area contributed by atoms with E-state index in [1.54, 1.807) is 18.2 Å². The molecule has 1 saturated carbocycles. The zero-order valence-electron chi connectivity index (χ0n) is 24.7. The fourth-order valence-electron chi connectivity index (χ4n) is 6.00. The number of nitrogens with one attached hydrogen (secondary N) is 1. The van der Waals surface area contributed by atoms with Gasteiger partial charge in [0.25, 0.3) is 0 Å². The van der Waals surface area contributed by atoms with Gasteiger partial charge in [0.15, 0.2) is 5.69 Å². The fourth-order valence-corrected chi connectivity index (χ4v) is 6.00. The van der Waals surface area contributed by atoms with Crippen LogP contribution < -0.4 is 20.5 Å². The Labute approximate surface area is 249 Å². The summed E-state index contributed by atoms with van der Waals surface area (Å²) in [5, 5.41) is 3.53. The summed E-state index contributed by atoms with van der Waals surface area (Å²) in [4.78, 5) is 58.5. The number of nitrogens with two attached hydrogens (primary N) is 1. The third kappa shape index (κ3) is 6.15. The topological polar surface area (TPSA) is 159 Å². The summed E-state index contributed by atoms with van der Waals surface area (Å²) in [6.45, 7) is 0.0900. The average Bonchev–Trinajstić information content (AvgIpc) is 3.54. The van der Waals surface area contributed by atoms with Crippen molar-refractivity contribution in [3.05, 3.63) is 42.1 Å². The van der Waals surface area contributed by atoms with Gasteiger partial charge < -0.3 is 34.9 Å². The van der Waals surface area contributed by atoms with Gasteiger partial charge in [-0.1, -0.05) is 25.0 Å². The molecule has 1 aromatic heterocycles. The number of ether oxygens (including phenoxy) is 4. The molecule has 5 atom stereocenters. The Kier molecular flexibility index (Phi) is 8.86. The molecule has 3 heterocycles. The maximum absolute atomic E-state index is 13.8. The maximum atomic E-state index is 13.8. The Morgan fingerprint density at radius 2 is 1.91 bits per heavy atom. The van der Waals surface area contributed by atoms with Crippen molar-refractivity contribution in [3.8, 4) is 11.5 Å². The van der Waals surface area contributed by atoms with Crippen molar-refractivity contribution in [2.75, 3.05) is 27.9 Å². The van der Waals surface area contributed by atoms with Crippen LogP contribution in [-0.4, -0.2) is 85.2 Å². The molecule has 2 aromatic rings. The first kappa shape index (κ1) is 30.3. The quantitative estimate of drug-likeness (QED) is 0.388. The molecule has 0 bridgehead atoms. The molecule has 2 aliphatic heterocycles. The van der Waals surface area contributed by atoms with Crippen LogP contribution in [0.4, 0.5) is 0 Å². The maximum Gasteiger partial charge on any atom is 0.356 e. The highest BCUT2D eigenvalue weighted by Gasteiger charge is 2.62. The number of benzene rings is 1. The van der Waals surface area contributed by atoms with Crippen molar-refractivity contribution >= 4 is 34.7 Å². The highest BCUT2D eigenvalue weighted by molar-refractivity contribution is 5.96. The summed E-state index contributed by atoms with van der Waals surface area (Å²) in [5.74, 6) is -1.28. The Bertz CT molecular complexity index is 1440. The molecule has 12 nitrogen and oxygen atoms in total. The molecule has 12 heteroatoms. The number of amides is 2. The van der Waals surface area contributed by atoms with E-state index in [9.17, 15) is 19.2 Å². The number of allylic oxidation sites excluding steroid dienone is 1. The van der Waals surface area contributed by atoms with Crippen molar-refractivity contribution < 1.29 is 38.1 Å². The summed E-state index contributed by atoms with van der Waals surface area (Å²) in [7, 11) is 4.08. The number of methoxy groups -OCH3 is 3. The van der Waals surface area contributed by atoms with Crippen LogP contribution in [0.5, 0.6) is 11.5 Å². The molecule has 0 radical (unpaired) electrons. The number of esters is 2. The lowest BCUT2D eigenvalue weighted by molar-refractivity contribution is -0.148. The van der Waals surface area contributed by atoms with Crippen molar-refractivity contribution in [1.29, 1.82) is 0 Å². The van der Waals surface area contributed by atoms with Gasteiger partial charge in [-0.15, -0.1) is 0 Å². The first-order valence-corrected chi connectivity index (χ1v) is 14.6. The largest absolute Gasteiger partial charge is 0.497 e. The lowest BCUT2D eigenvalue weighted by atomic mass is 10.1. The van der Waals surface area contributed by atoms with Crippen molar-refractivity contribution in [1.82, 2.24) is 15.2 Å². The van der Waals surface area contributed by atoms with E-state index < -0.39 is 41.6 Å². The molecule has 230 valence electrons. The fraction of sp³-hybridized carbons (Fsp3) is 0.516. The molecule has 1 unspecified atom stereocenters. The third-order valence-corrected chi connectivity index (χ3v) is 8.50. The molecule has 1 aromatic carbocycles. The molecular weight excluding hydrogens is 556 g/mol. The van der Waals surface area contributed by atoms with Gasteiger partial charge in [-0.2, -0.15) is 0 Å². The van der Waals surface area contributed by atoms with Crippen molar-refractivity contribution in [2.45, 2.75) is 68.7 Å². The summed E-state index contributed by atoms with van der Waals surface area (Å²) < 4.78 is 21.6. The number of carbonyl (C=O) groups excluding carboxylic acids is 4. The van der Waals surface area contributed by atoms with Gasteiger partial charge in [-0.25, -0.2) is 14.6 Å². The predicted octanol–water partition coefficient (Wildman–Crippen LogP) is 2.27. The lowest BCUT2D eigenvalue weighted by Gasteiger charge is -2.28. The Hall–Kier alpha value is -4.19. The second-order valence-corrected chi connectivity index (χ2v) is 11.3. The van der Waals surface area contributed by atoms with Crippen LogP contribution in [0.2, 0.25) is 0 Å². The minimum absolute atomic E-state index is 0.0368. The Morgan fingerprint density at radius 1 is 1.09 bits per heavy atom. The molecular formula is C31H38N4O8. The number of pyridine rings is 1. The van der Waals surface area contributed by atoms with E-state index in [-0.39, 0.29) is 30.5 Å². The SMILES string of the molecule is COC(=O)c1cc(O[C@@H]2C[C@H]3C(=O)N[C@]4(C(=O)OC)C[C@@H]4/C=C\CCCCCC(N)C(=O)N3C2)c2ccc(OC)cc2n1. The van der Waals surface area contributed by atoms with Crippen LogP contribution in [0.15, 0.2) is 36.4 Å². The van der Waals surface area contributed by atoms with E-state index in [1.165, 1.54) is 32.3 Å². The van der Waals surface area contributed by atoms with Crippen LogP contribution in [0.3, 0.4) is 0 Å². The monoisotopic (exact) mass is 594 g/mol. The molecule has 2 amide bonds. The van der Waals surface area contributed by atoms with E-state index in [0.717, 1.165) is 25.7 Å². The third-order valence-electron chi connectivity index (χ3n) is 8.50. The van der Waals surface area contributed by atoms with Gasteiger partial charge in [0.2, 0.25) is 11.8 Å². The van der Waals surface area contributed by atoms with Gasteiger partial charge in [-0.05, 0) is 37.8 Å². The number of carbonyl (C=O) groups is 4. The Morgan fingerprint density at radius 3 is 2.65 bits per heavy atom. The summed E-state index contributed by atoms with van der Waals surface area (Å²) in [5.41, 5.74) is 5.65. The Balaban J connectivity index is 1.46. The highest BCUT2D eigenvalue weighted by Crippen LogP contribution is 2.46. The number of rotatable bonds is 5. The predicted molar refractivity (Wildman–Crippen MR) is 155 cm³/mol. The average molecular weight is 595 g/mol. The van der Waals surface area contributed by atoms with Gasteiger partial charge >= 0.3 is 11.9 Å².